The molecule has 2 aliphatic heterocycles. The summed E-state index contributed by atoms with van der Waals surface area (Å²) >= 11 is 2.18. The maximum atomic E-state index is 13.1. The molecule has 3 heterocycles. The van der Waals surface area contributed by atoms with Gasteiger partial charge in [-0.2, -0.15) is 5.21 Å². The van der Waals surface area contributed by atoms with Gasteiger partial charge >= 0.3 is 12.0 Å². The predicted octanol–water partition coefficient (Wildman–Crippen LogP) is -1.73. The molecule has 4 amide bonds. The summed E-state index contributed by atoms with van der Waals surface area (Å²) in [5.74, 6) is -3.11. The van der Waals surface area contributed by atoms with E-state index in [1.165, 1.54) is 17.8 Å². The number of nitrogens with two attached hydrogens (primary N) is 3. The molecule has 2 aliphatic rings. The third kappa shape index (κ3) is 6.53. The first-order chi connectivity index (χ1) is 18.9. The van der Waals surface area contributed by atoms with Crippen LogP contribution in [0.3, 0.4) is 0 Å². The number of carboxylic acids is 1. The molecule has 4 rings (SSSR count). The van der Waals surface area contributed by atoms with E-state index in [4.69, 9.17) is 16.6 Å². The standard InChI is InChI=1S/C20H24N10O7S3/c21-12(8-2-1-3-9(6-8)24-19(22)35)15(31)25-13-16(32)30-14(18(33)34)10(7-38-17(13)30)11(4-5-40(23,36)37)39-20-26-28-29-27-20/h1-3,6,11-13,17H,4-5,7,21H2,(H,25,31)(H,33,34)(H3,22,24,35)(H2,23,36,37)(H,26,27,28,29)/t11?,12?,13?,17-/m0/s1. The number of thioether (sulfide) groups is 2. The average Bonchev–Trinajstić information content (AvgIpc) is 3.40. The highest BCUT2D eigenvalue weighted by atomic mass is 32.2. The molecule has 3 unspecified atom stereocenters. The number of aromatic amines is 1. The molecule has 1 fully saturated rings. The Kier molecular flexibility index (Phi) is 8.63. The zero-order valence-electron chi connectivity index (χ0n) is 20.4. The van der Waals surface area contributed by atoms with Crippen LogP contribution in [-0.2, 0) is 24.4 Å². The summed E-state index contributed by atoms with van der Waals surface area (Å²) in [6.07, 6.45) is -0.0733. The van der Waals surface area contributed by atoms with Crippen LogP contribution in [0.15, 0.2) is 40.7 Å². The summed E-state index contributed by atoms with van der Waals surface area (Å²) < 4.78 is 23.3. The van der Waals surface area contributed by atoms with Crippen molar-refractivity contribution < 1.29 is 32.7 Å². The molecule has 20 heteroatoms. The van der Waals surface area contributed by atoms with Crippen LogP contribution in [0.4, 0.5) is 10.5 Å². The van der Waals surface area contributed by atoms with Gasteiger partial charge in [-0.15, -0.1) is 22.0 Å². The fraction of sp³-hybridized carbons (Fsp3) is 0.350. The number of carbonyl (C=O) groups excluding carboxylic acids is 3. The van der Waals surface area contributed by atoms with Crippen molar-refractivity contribution in [3.05, 3.63) is 41.1 Å². The van der Waals surface area contributed by atoms with Crippen molar-refractivity contribution in [3.63, 3.8) is 0 Å². The minimum Gasteiger partial charge on any atom is -0.477 e. The number of β-lactam (4-membered cyclic amide) rings is 1. The molecule has 0 aliphatic carbocycles. The van der Waals surface area contributed by atoms with E-state index >= 15 is 0 Å². The maximum absolute atomic E-state index is 13.1. The Balaban J connectivity index is 1.53. The van der Waals surface area contributed by atoms with E-state index in [9.17, 15) is 32.7 Å². The summed E-state index contributed by atoms with van der Waals surface area (Å²) in [5, 5.41) is 32.2. The third-order valence-electron chi connectivity index (χ3n) is 5.92. The topological polar surface area (TPSA) is 282 Å². The lowest BCUT2D eigenvalue weighted by atomic mass is 9.99. The number of aromatic nitrogens is 4. The Morgan fingerprint density at radius 3 is 2.70 bits per heavy atom. The van der Waals surface area contributed by atoms with Gasteiger partial charge in [0.2, 0.25) is 21.1 Å². The van der Waals surface area contributed by atoms with Gasteiger partial charge in [0.1, 0.15) is 23.2 Å². The van der Waals surface area contributed by atoms with E-state index in [0.29, 0.717) is 11.3 Å². The molecular weight excluding hydrogens is 588 g/mol. The maximum Gasteiger partial charge on any atom is 0.352 e. The lowest BCUT2D eigenvalue weighted by Crippen LogP contribution is -2.71. The van der Waals surface area contributed by atoms with Crippen molar-refractivity contribution in [3.8, 4) is 0 Å². The van der Waals surface area contributed by atoms with Crippen LogP contribution in [0.25, 0.3) is 0 Å². The highest BCUT2D eigenvalue weighted by Gasteiger charge is 2.55. The van der Waals surface area contributed by atoms with Gasteiger partial charge in [-0.3, -0.25) is 14.5 Å². The van der Waals surface area contributed by atoms with E-state index in [1.54, 1.807) is 18.2 Å². The smallest absolute Gasteiger partial charge is 0.352 e. The van der Waals surface area contributed by atoms with Gasteiger partial charge in [0.15, 0.2) is 0 Å². The molecular formula is C20H24N10O7S3. The minimum absolute atomic E-state index is 0.0733. The minimum atomic E-state index is -3.88. The fourth-order valence-electron chi connectivity index (χ4n) is 4.14. The van der Waals surface area contributed by atoms with Crippen molar-refractivity contribution in [1.29, 1.82) is 0 Å². The first kappa shape index (κ1) is 29.3. The van der Waals surface area contributed by atoms with E-state index < -0.39 is 62.3 Å². The van der Waals surface area contributed by atoms with Gasteiger partial charge in [0.25, 0.3) is 5.91 Å². The summed E-state index contributed by atoms with van der Waals surface area (Å²) in [6.45, 7) is 0. The summed E-state index contributed by atoms with van der Waals surface area (Å²) in [4.78, 5) is 50.5. The Hall–Kier alpha value is -3.72. The number of fused-ring (bicyclic) bond motifs is 1. The van der Waals surface area contributed by atoms with Gasteiger partial charge in [-0.1, -0.05) is 23.9 Å². The van der Waals surface area contributed by atoms with Crippen LogP contribution in [-0.4, -0.2) is 91.0 Å². The quantitative estimate of drug-likeness (QED) is 0.110. The number of nitrogens with zero attached hydrogens (tertiary/aromatic N) is 4. The van der Waals surface area contributed by atoms with Crippen molar-refractivity contribution >= 4 is 63.0 Å². The number of H-pyrrole nitrogens is 1. The number of urea groups is 1. The lowest BCUT2D eigenvalue weighted by Gasteiger charge is -2.50. The van der Waals surface area contributed by atoms with Crippen LogP contribution >= 0.6 is 23.5 Å². The fourth-order valence-corrected chi connectivity index (χ4v) is 7.39. The number of tetrazole rings is 1. The highest BCUT2D eigenvalue weighted by Crippen LogP contribution is 2.44. The highest BCUT2D eigenvalue weighted by molar-refractivity contribution is 8.01. The second-order valence-corrected chi connectivity index (χ2v) is 12.6. The van der Waals surface area contributed by atoms with Crippen LogP contribution in [0.5, 0.6) is 0 Å². The summed E-state index contributed by atoms with van der Waals surface area (Å²) in [6, 6.07) is 3.07. The Morgan fingerprint density at radius 1 is 1.32 bits per heavy atom. The second-order valence-electron chi connectivity index (χ2n) is 8.62. The molecule has 4 atom stereocenters. The number of carboxylic acid groups (broad SMARTS) is 1. The van der Waals surface area contributed by atoms with E-state index in [1.807, 2.05) is 0 Å². The number of sulfonamides is 1. The molecule has 1 aromatic heterocycles. The Bertz CT molecular complexity index is 1470. The van der Waals surface area contributed by atoms with Crippen molar-refractivity contribution in [2.75, 3.05) is 16.8 Å². The molecule has 0 spiro atoms. The number of primary sulfonamides is 1. The Labute approximate surface area is 235 Å². The van der Waals surface area contributed by atoms with Gasteiger partial charge in [-0.05, 0) is 34.9 Å². The molecule has 1 aromatic carbocycles. The SMILES string of the molecule is NC(=O)Nc1cccc(C(N)C(=O)NC2C(=O)N3C(C(=O)O)=C(C(CCS(N)(=O)=O)Sc4nn[nH]n4)CS[C@@H]23)c1. The lowest BCUT2D eigenvalue weighted by molar-refractivity contribution is -0.150. The van der Waals surface area contributed by atoms with Crippen LogP contribution in [0, 0.1) is 0 Å². The number of amides is 4. The van der Waals surface area contributed by atoms with Gasteiger partial charge in [-0.25, -0.2) is 23.1 Å². The van der Waals surface area contributed by atoms with Crippen molar-refractivity contribution in [2.45, 2.75) is 34.3 Å². The first-order valence-corrected chi connectivity index (χ1v) is 15.0. The molecule has 0 saturated carbocycles. The molecule has 1 saturated heterocycles. The number of aliphatic carboxylic acids is 1. The van der Waals surface area contributed by atoms with Crippen molar-refractivity contribution in [1.82, 2.24) is 30.8 Å². The van der Waals surface area contributed by atoms with Gasteiger partial charge in [0, 0.05) is 16.7 Å². The van der Waals surface area contributed by atoms with Gasteiger partial charge < -0.3 is 27.2 Å². The zero-order chi connectivity index (χ0) is 29.2. The molecule has 2 aromatic rings. The number of rotatable bonds is 11. The normalized spacial score (nSPS) is 20.2. The number of anilines is 1. The second kappa shape index (κ2) is 11.8. The van der Waals surface area contributed by atoms with Crippen LogP contribution < -0.4 is 27.2 Å². The Morgan fingerprint density at radius 2 is 2.08 bits per heavy atom. The molecule has 0 radical (unpaired) electrons. The van der Waals surface area contributed by atoms with Crippen molar-refractivity contribution in [2.24, 2.45) is 16.6 Å². The largest absolute Gasteiger partial charge is 0.477 e. The predicted molar refractivity (Wildman–Crippen MR) is 143 cm³/mol. The number of benzene rings is 1. The van der Waals surface area contributed by atoms with Gasteiger partial charge in [0.05, 0.1) is 5.75 Å². The van der Waals surface area contributed by atoms with Crippen LogP contribution in [0.1, 0.15) is 18.0 Å². The number of primary amides is 1. The zero-order valence-corrected chi connectivity index (χ0v) is 22.8. The third-order valence-corrected chi connectivity index (χ3v) is 9.22. The van der Waals surface area contributed by atoms with E-state index in [2.05, 4.69) is 31.3 Å². The van der Waals surface area contributed by atoms with E-state index in [0.717, 1.165) is 16.7 Å². The number of nitrogens with one attached hydrogen (secondary N) is 3. The monoisotopic (exact) mass is 612 g/mol. The molecule has 10 N–H and O–H groups in total. The molecule has 0 bridgehead atoms. The van der Waals surface area contributed by atoms with Crippen LogP contribution in [0.2, 0.25) is 0 Å². The molecule has 40 heavy (non-hydrogen) atoms. The number of hydrogen-bond acceptors (Lipinski definition) is 12. The number of hydrogen-bond donors (Lipinski definition) is 7. The first-order valence-electron chi connectivity index (χ1n) is 11.4. The summed E-state index contributed by atoms with van der Waals surface area (Å²) in [5.41, 5.74) is 11.8. The molecule has 17 nitrogen and oxygen atoms in total. The average molecular weight is 613 g/mol. The summed E-state index contributed by atoms with van der Waals surface area (Å²) in [7, 11) is -3.88. The molecule has 214 valence electrons. The van der Waals surface area contributed by atoms with E-state index in [-0.39, 0.29) is 28.6 Å². The number of carbonyl (C=O) groups is 4.